The van der Waals surface area contributed by atoms with Crippen LogP contribution in [0.25, 0.3) is 0 Å². The number of nitrogens with zero attached hydrogens (tertiary/aromatic N) is 1. The second kappa shape index (κ2) is 6.61. The predicted octanol–water partition coefficient (Wildman–Crippen LogP) is 3.72. The van der Waals surface area contributed by atoms with E-state index in [-0.39, 0.29) is 0 Å². The van der Waals surface area contributed by atoms with E-state index in [0.717, 1.165) is 48.3 Å². The molecule has 3 heteroatoms. The van der Waals surface area contributed by atoms with Crippen LogP contribution in [0.3, 0.4) is 0 Å². The number of hydrogen-bond acceptors (Lipinski definition) is 3. The molecule has 1 aliphatic carbocycles. The van der Waals surface area contributed by atoms with Gasteiger partial charge in [-0.2, -0.15) is 0 Å². The lowest BCUT2D eigenvalue weighted by atomic mass is 9.77. The fraction of sp³-hybridized carbons (Fsp3) is 0.250. The van der Waals surface area contributed by atoms with Crippen LogP contribution in [0.1, 0.15) is 51.2 Å². The van der Waals surface area contributed by atoms with Crippen molar-refractivity contribution in [2.45, 2.75) is 31.7 Å². The van der Waals surface area contributed by atoms with Crippen LogP contribution in [-0.4, -0.2) is 21.7 Å². The van der Waals surface area contributed by atoms with Gasteiger partial charge in [-0.3, -0.25) is 4.90 Å². The van der Waals surface area contributed by atoms with E-state index in [4.69, 9.17) is 0 Å². The van der Waals surface area contributed by atoms with Crippen molar-refractivity contribution in [3.8, 4) is 0 Å². The molecule has 27 heavy (non-hydrogen) atoms. The summed E-state index contributed by atoms with van der Waals surface area (Å²) in [7, 11) is 0. The number of aliphatic hydroxyl groups is 2. The van der Waals surface area contributed by atoms with Gasteiger partial charge in [0.2, 0.25) is 0 Å². The minimum absolute atomic E-state index is 0.672. The predicted molar refractivity (Wildman–Crippen MR) is 105 cm³/mol. The summed E-state index contributed by atoms with van der Waals surface area (Å²) in [5.41, 5.74) is 7.19. The molecule has 0 fully saturated rings. The van der Waals surface area contributed by atoms with Gasteiger partial charge >= 0.3 is 0 Å². The SMILES string of the molecule is O[C@H]1c2ccccc2[C@H](O)c2c1ccc1c2CN(Cc2ccccc2)CC1. The molecule has 0 aromatic heterocycles. The van der Waals surface area contributed by atoms with E-state index in [1.165, 1.54) is 16.7 Å². The van der Waals surface area contributed by atoms with E-state index in [1.807, 2.05) is 36.4 Å². The molecule has 3 aromatic carbocycles. The Kier molecular flexibility index (Phi) is 4.09. The molecule has 0 radical (unpaired) electrons. The Labute approximate surface area is 159 Å². The van der Waals surface area contributed by atoms with Gasteiger partial charge in [-0.1, -0.05) is 66.7 Å². The number of hydrogen-bond donors (Lipinski definition) is 2. The number of rotatable bonds is 2. The first-order valence-electron chi connectivity index (χ1n) is 9.58. The standard InChI is InChI=1S/C24H23NO2/c26-23-18-8-4-5-9-19(18)24(27)22-20(23)11-10-17-12-13-25(15-21(17)22)14-16-6-2-1-3-7-16/h1-11,23-24,26-27H,12-15H2/t23-,24-/m0/s1. The average molecular weight is 357 g/mol. The van der Waals surface area contributed by atoms with Gasteiger partial charge in [0.1, 0.15) is 12.2 Å². The molecular weight excluding hydrogens is 334 g/mol. The normalized spacial score (nSPS) is 21.3. The van der Waals surface area contributed by atoms with E-state index in [2.05, 4.69) is 35.2 Å². The summed E-state index contributed by atoms with van der Waals surface area (Å²) in [6, 6.07) is 22.3. The zero-order chi connectivity index (χ0) is 18.4. The Hall–Kier alpha value is -2.46. The second-order valence-electron chi connectivity index (χ2n) is 7.59. The van der Waals surface area contributed by atoms with Crippen molar-refractivity contribution in [1.82, 2.24) is 4.90 Å². The third kappa shape index (κ3) is 2.79. The molecule has 1 heterocycles. The van der Waals surface area contributed by atoms with Gasteiger partial charge in [0.05, 0.1) is 0 Å². The first-order valence-corrected chi connectivity index (χ1v) is 9.58. The highest BCUT2D eigenvalue weighted by molar-refractivity contribution is 5.55. The van der Waals surface area contributed by atoms with Crippen LogP contribution in [0, 0.1) is 0 Å². The Morgan fingerprint density at radius 2 is 1.48 bits per heavy atom. The molecule has 3 aromatic rings. The van der Waals surface area contributed by atoms with Crippen LogP contribution < -0.4 is 0 Å². The molecule has 2 atom stereocenters. The minimum Gasteiger partial charge on any atom is -0.384 e. The Morgan fingerprint density at radius 3 is 2.26 bits per heavy atom. The largest absolute Gasteiger partial charge is 0.384 e. The topological polar surface area (TPSA) is 43.7 Å². The van der Waals surface area contributed by atoms with E-state index in [0.29, 0.717) is 0 Å². The first-order chi connectivity index (χ1) is 13.2. The van der Waals surface area contributed by atoms with Crippen molar-refractivity contribution in [1.29, 1.82) is 0 Å². The van der Waals surface area contributed by atoms with Crippen LogP contribution in [-0.2, 0) is 19.5 Å². The summed E-state index contributed by atoms with van der Waals surface area (Å²) in [5, 5.41) is 22.0. The van der Waals surface area contributed by atoms with E-state index in [9.17, 15) is 10.2 Å². The lowest BCUT2D eigenvalue weighted by Gasteiger charge is -2.36. The molecule has 2 N–H and O–H groups in total. The summed E-state index contributed by atoms with van der Waals surface area (Å²) < 4.78 is 0. The molecule has 2 aliphatic rings. The van der Waals surface area contributed by atoms with E-state index in [1.54, 1.807) is 0 Å². The van der Waals surface area contributed by atoms with Crippen LogP contribution >= 0.6 is 0 Å². The summed E-state index contributed by atoms with van der Waals surface area (Å²) in [6.45, 7) is 2.72. The lowest BCUT2D eigenvalue weighted by Crippen LogP contribution is -2.32. The maximum absolute atomic E-state index is 11.1. The van der Waals surface area contributed by atoms with Gasteiger partial charge in [0, 0.05) is 19.6 Å². The van der Waals surface area contributed by atoms with Gasteiger partial charge in [0.25, 0.3) is 0 Å². The van der Waals surface area contributed by atoms with Gasteiger partial charge in [-0.25, -0.2) is 0 Å². The molecule has 0 saturated heterocycles. The number of fused-ring (bicyclic) bond motifs is 4. The fourth-order valence-electron chi connectivity index (χ4n) is 4.60. The van der Waals surface area contributed by atoms with E-state index < -0.39 is 12.2 Å². The van der Waals surface area contributed by atoms with Crippen molar-refractivity contribution in [2.24, 2.45) is 0 Å². The van der Waals surface area contributed by atoms with Gasteiger partial charge in [-0.05, 0) is 45.4 Å². The highest BCUT2D eigenvalue weighted by atomic mass is 16.3. The molecular formula is C24H23NO2. The Balaban J connectivity index is 1.53. The van der Waals surface area contributed by atoms with Crippen LogP contribution in [0.15, 0.2) is 66.7 Å². The quantitative estimate of drug-likeness (QED) is 0.735. The second-order valence-corrected chi connectivity index (χ2v) is 7.59. The zero-order valence-corrected chi connectivity index (χ0v) is 15.2. The van der Waals surface area contributed by atoms with Crippen molar-refractivity contribution < 1.29 is 10.2 Å². The maximum atomic E-state index is 11.1. The average Bonchev–Trinajstić information content (AvgIpc) is 2.72. The van der Waals surface area contributed by atoms with Crippen molar-refractivity contribution in [3.05, 3.63) is 106 Å². The molecule has 3 nitrogen and oxygen atoms in total. The molecule has 136 valence electrons. The zero-order valence-electron chi connectivity index (χ0n) is 15.2. The van der Waals surface area contributed by atoms with Crippen LogP contribution in [0.2, 0.25) is 0 Å². The molecule has 1 aliphatic heterocycles. The smallest absolute Gasteiger partial charge is 0.105 e. The summed E-state index contributed by atoms with van der Waals surface area (Å²) in [6.07, 6.45) is -0.375. The number of benzene rings is 3. The highest BCUT2D eigenvalue weighted by Gasteiger charge is 2.34. The van der Waals surface area contributed by atoms with Gasteiger partial charge in [0.15, 0.2) is 0 Å². The Morgan fingerprint density at radius 1 is 0.778 bits per heavy atom. The van der Waals surface area contributed by atoms with Crippen molar-refractivity contribution in [3.63, 3.8) is 0 Å². The van der Waals surface area contributed by atoms with Gasteiger partial charge < -0.3 is 10.2 Å². The molecule has 0 saturated carbocycles. The number of aliphatic hydroxyl groups excluding tert-OH is 2. The molecule has 0 spiro atoms. The summed E-state index contributed by atoms with van der Waals surface area (Å²) in [5.74, 6) is 0. The Bertz CT molecular complexity index is 983. The van der Waals surface area contributed by atoms with E-state index >= 15 is 0 Å². The van der Waals surface area contributed by atoms with Crippen molar-refractivity contribution >= 4 is 0 Å². The lowest BCUT2D eigenvalue weighted by molar-refractivity contribution is 0.168. The fourth-order valence-corrected chi connectivity index (χ4v) is 4.60. The maximum Gasteiger partial charge on any atom is 0.105 e. The van der Waals surface area contributed by atoms with Crippen molar-refractivity contribution in [2.75, 3.05) is 6.54 Å². The third-order valence-electron chi connectivity index (χ3n) is 5.97. The molecule has 5 rings (SSSR count). The van der Waals surface area contributed by atoms with Crippen LogP contribution in [0.4, 0.5) is 0 Å². The monoisotopic (exact) mass is 357 g/mol. The third-order valence-corrected chi connectivity index (χ3v) is 5.97. The summed E-state index contributed by atoms with van der Waals surface area (Å²) in [4.78, 5) is 2.43. The minimum atomic E-state index is -0.675. The summed E-state index contributed by atoms with van der Waals surface area (Å²) >= 11 is 0. The van der Waals surface area contributed by atoms with Crippen LogP contribution in [0.5, 0.6) is 0 Å². The molecule has 0 unspecified atom stereocenters. The highest BCUT2D eigenvalue weighted by Crippen LogP contribution is 2.44. The first kappa shape index (κ1) is 16.7. The van der Waals surface area contributed by atoms with Gasteiger partial charge in [-0.15, -0.1) is 0 Å². The molecule has 0 bridgehead atoms. The molecule has 0 amide bonds.